The van der Waals surface area contributed by atoms with Gasteiger partial charge in [0.1, 0.15) is 5.75 Å². The van der Waals surface area contributed by atoms with Crippen LogP contribution < -0.4 is 29.1 Å². The maximum atomic E-state index is 13.8. The number of hydrogen-bond acceptors (Lipinski definition) is 8. The van der Waals surface area contributed by atoms with E-state index < -0.39 is 12.0 Å². The van der Waals surface area contributed by atoms with E-state index in [-0.39, 0.29) is 12.2 Å². The summed E-state index contributed by atoms with van der Waals surface area (Å²) in [5, 5.41) is 0. The number of aromatic nitrogens is 1. The molecular formula is C27H27BrN2O6S. The molecule has 2 heterocycles. The zero-order valence-corrected chi connectivity index (χ0v) is 23.6. The Balaban J connectivity index is 1.91. The lowest BCUT2D eigenvalue weighted by atomic mass is 9.96. The Bertz CT molecular complexity index is 1560. The number of carbonyl (C=O) groups is 1. The molecule has 0 fully saturated rings. The molecule has 1 aromatic heterocycles. The number of methoxy groups -OCH3 is 2. The third kappa shape index (κ3) is 5.21. The van der Waals surface area contributed by atoms with Crippen molar-refractivity contribution in [2.45, 2.75) is 26.8 Å². The van der Waals surface area contributed by atoms with Gasteiger partial charge in [0.2, 0.25) is 0 Å². The molecule has 0 amide bonds. The molecule has 0 radical (unpaired) electrons. The van der Waals surface area contributed by atoms with Crippen molar-refractivity contribution in [3.8, 4) is 17.2 Å². The number of esters is 1. The molecule has 0 spiro atoms. The molecule has 0 bridgehead atoms. The summed E-state index contributed by atoms with van der Waals surface area (Å²) in [6.07, 6.45) is 1.78. The quantitative estimate of drug-likeness (QED) is 0.371. The molecule has 0 aliphatic carbocycles. The van der Waals surface area contributed by atoms with Crippen LogP contribution >= 0.6 is 27.3 Å². The van der Waals surface area contributed by atoms with Gasteiger partial charge in [-0.15, -0.1) is 0 Å². The van der Waals surface area contributed by atoms with E-state index in [0.717, 1.165) is 11.1 Å². The summed E-state index contributed by atoms with van der Waals surface area (Å²) >= 11 is 4.78. The Labute approximate surface area is 226 Å². The number of fused-ring (bicyclic) bond motifs is 1. The highest BCUT2D eigenvalue weighted by Crippen LogP contribution is 2.35. The van der Waals surface area contributed by atoms with Gasteiger partial charge < -0.3 is 18.9 Å². The van der Waals surface area contributed by atoms with E-state index in [2.05, 4.69) is 20.9 Å². The van der Waals surface area contributed by atoms with Gasteiger partial charge in [0.25, 0.3) is 5.56 Å². The van der Waals surface area contributed by atoms with Gasteiger partial charge in [-0.05, 0) is 78.2 Å². The lowest BCUT2D eigenvalue weighted by Gasteiger charge is -2.25. The summed E-state index contributed by atoms with van der Waals surface area (Å²) in [6, 6.07) is 10.2. The number of ether oxygens (including phenoxy) is 4. The second kappa shape index (κ2) is 11.4. The highest BCUT2D eigenvalue weighted by atomic mass is 79.9. The fraction of sp³-hybridized carbons (Fsp3) is 0.296. The maximum absolute atomic E-state index is 13.8. The summed E-state index contributed by atoms with van der Waals surface area (Å²) in [6.45, 7) is 6.12. The minimum absolute atomic E-state index is 0.207. The smallest absolute Gasteiger partial charge is 0.338 e. The summed E-state index contributed by atoms with van der Waals surface area (Å²) in [5.41, 5.74) is 2.06. The molecule has 2 aromatic carbocycles. The lowest BCUT2D eigenvalue weighted by molar-refractivity contribution is -0.139. The zero-order chi connectivity index (χ0) is 26.7. The number of allylic oxidation sites excluding steroid dienone is 1. The van der Waals surface area contributed by atoms with Crippen LogP contribution in [0.1, 0.15) is 37.9 Å². The first-order valence-electron chi connectivity index (χ1n) is 11.7. The summed E-state index contributed by atoms with van der Waals surface area (Å²) in [7, 11) is 3.15. The SMILES string of the molecule is CCOC(=O)C1=C(C)N=c2s/c(=C/c3ccc(OCC)c(OC)c3)c(=O)n2[C@@H]1c1ccc(OC)c(Br)c1. The second-order valence-electron chi connectivity index (χ2n) is 8.04. The molecule has 1 aliphatic rings. The number of halogens is 1. The normalized spacial score (nSPS) is 15.2. The third-order valence-electron chi connectivity index (χ3n) is 5.79. The molecule has 37 heavy (non-hydrogen) atoms. The Morgan fingerprint density at radius 2 is 1.81 bits per heavy atom. The van der Waals surface area contributed by atoms with Crippen molar-refractivity contribution in [1.29, 1.82) is 0 Å². The van der Waals surface area contributed by atoms with E-state index in [1.165, 1.54) is 11.3 Å². The number of carbonyl (C=O) groups excluding carboxylic acids is 1. The molecule has 8 nitrogen and oxygen atoms in total. The Morgan fingerprint density at radius 1 is 1.08 bits per heavy atom. The number of thiazole rings is 1. The minimum Gasteiger partial charge on any atom is -0.496 e. The summed E-state index contributed by atoms with van der Waals surface area (Å²) in [4.78, 5) is 31.9. The molecule has 4 rings (SSSR count). The molecule has 0 N–H and O–H groups in total. The molecule has 194 valence electrons. The van der Waals surface area contributed by atoms with Crippen molar-refractivity contribution >= 4 is 39.3 Å². The highest BCUT2D eigenvalue weighted by molar-refractivity contribution is 9.10. The first-order chi connectivity index (χ1) is 17.8. The van der Waals surface area contributed by atoms with Gasteiger partial charge in [0.05, 0.1) is 53.8 Å². The number of nitrogens with zero attached hydrogens (tertiary/aromatic N) is 2. The first-order valence-corrected chi connectivity index (χ1v) is 13.3. The van der Waals surface area contributed by atoms with Crippen molar-refractivity contribution in [1.82, 2.24) is 4.57 Å². The fourth-order valence-corrected chi connectivity index (χ4v) is 5.76. The van der Waals surface area contributed by atoms with Crippen molar-refractivity contribution in [2.75, 3.05) is 27.4 Å². The van der Waals surface area contributed by atoms with E-state index in [1.54, 1.807) is 44.8 Å². The van der Waals surface area contributed by atoms with Crippen LogP contribution in [0.15, 0.2) is 61.9 Å². The average molecular weight is 587 g/mol. The van der Waals surface area contributed by atoms with Crippen LogP contribution in [0.2, 0.25) is 0 Å². The maximum Gasteiger partial charge on any atom is 0.338 e. The Morgan fingerprint density at radius 3 is 2.46 bits per heavy atom. The monoisotopic (exact) mass is 586 g/mol. The largest absolute Gasteiger partial charge is 0.496 e. The third-order valence-corrected chi connectivity index (χ3v) is 7.40. The minimum atomic E-state index is -0.713. The van der Waals surface area contributed by atoms with E-state index in [1.807, 2.05) is 37.3 Å². The Hall–Kier alpha value is -3.37. The van der Waals surface area contributed by atoms with Crippen LogP contribution in [0.3, 0.4) is 0 Å². The molecule has 1 aliphatic heterocycles. The van der Waals surface area contributed by atoms with Crippen molar-refractivity contribution < 1.29 is 23.7 Å². The van der Waals surface area contributed by atoms with Crippen LogP contribution in [0.5, 0.6) is 17.2 Å². The van der Waals surface area contributed by atoms with Crippen LogP contribution in [0, 0.1) is 0 Å². The molecule has 3 aromatic rings. The fourth-order valence-electron chi connectivity index (χ4n) is 4.16. The van der Waals surface area contributed by atoms with Crippen molar-refractivity contribution in [3.05, 3.63) is 83.0 Å². The van der Waals surface area contributed by atoms with Crippen LogP contribution in [0.25, 0.3) is 6.08 Å². The van der Waals surface area contributed by atoms with Gasteiger partial charge in [-0.3, -0.25) is 9.36 Å². The molecule has 0 unspecified atom stereocenters. The van der Waals surface area contributed by atoms with Gasteiger partial charge in [0.15, 0.2) is 16.3 Å². The lowest BCUT2D eigenvalue weighted by Crippen LogP contribution is -2.39. The van der Waals surface area contributed by atoms with E-state index in [4.69, 9.17) is 18.9 Å². The average Bonchev–Trinajstić information content (AvgIpc) is 3.18. The second-order valence-corrected chi connectivity index (χ2v) is 9.90. The van der Waals surface area contributed by atoms with Gasteiger partial charge in [-0.2, -0.15) is 0 Å². The number of rotatable bonds is 8. The summed E-state index contributed by atoms with van der Waals surface area (Å²) in [5.74, 6) is 1.33. The van der Waals surface area contributed by atoms with Gasteiger partial charge in [-0.1, -0.05) is 23.5 Å². The summed E-state index contributed by atoms with van der Waals surface area (Å²) < 4.78 is 24.5. The van der Waals surface area contributed by atoms with Crippen molar-refractivity contribution in [3.63, 3.8) is 0 Å². The zero-order valence-electron chi connectivity index (χ0n) is 21.2. The molecule has 1 atom stereocenters. The molecule has 0 saturated carbocycles. The molecular weight excluding hydrogens is 560 g/mol. The van der Waals surface area contributed by atoms with Crippen molar-refractivity contribution in [2.24, 2.45) is 4.99 Å². The first kappa shape index (κ1) is 26.7. The van der Waals surface area contributed by atoms with Crippen LogP contribution in [0.4, 0.5) is 0 Å². The van der Waals surface area contributed by atoms with E-state index in [0.29, 0.717) is 48.9 Å². The number of hydrogen-bond donors (Lipinski definition) is 0. The Kier molecular flexibility index (Phi) is 8.19. The van der Waals surface area contributed by atoms with E-state index in [9.17, 15) is 9.59 Å². The van der Waals surface area contributed by atoms with E-state index >= 15 is 0 Å². The van der Waals surface area contributed by atoms with Gasteiger partial charge in [0, 0.05) is 0 Å². The van der Waals surface area contributed by atoms with Gasteiger partial charge >= 0.3 is 5.97 Å². The predicted molar refractivity (Wildman–Crippen MR) is 145 cm³/mol. The predicted octanol–water partition coefficient (Wildman–Crippen LogP) is 3.98. The van der Waals surface area contributed by atoms with Crippen LogP contribution in [-0.4, -0.2) is 38.0 Å². The molecule has 0 saturated heterocycles. The standard InChI is InChI=1S/C27H27BrN2O6S/c1-6-35-20-10-8-16(12-21(20)34-5)13-22-25(31)30-24(17-9-11-19(33-4)18(28)14-17)23(26(32)36-7-2)15(3)29-27(30)37-22/h8-14,24H,6-7H2,1-5H3/b22-13+/t24-/m1/s1. The topological polar surface area (TPSA) is 88.4 Å². The van der Waals surface area contributed by atoms with Gasteiger partial charge in [-0.25, -0.2) is 9.79 Å². The molecule has 10 heteroatoms. The highest BCUT2D eigenvalue weighted by Gasteiger charge is 2.33. The number of benzene rings is 2. The van der Waals surface area contributed by atoms with Crippen LogP contribution in [-0.2, 0) is 9.53 Å².